The second kappa shape index (κ2) is 4.80. The first-order valence-corrected chi connectivity index (χ1v) is 4.46. The molecule has 0 heterocycles. The average Bonchev–Trinajstić information content (AvgIpc) is 2.18. The molecule has 78 valence electrons. The molecule has 0 radical (unpaired) electrons. The minimum atomic E-state index is -0.790. The Labute approximate surface area is 94.0 Å². The van der Waals surface area contributed by atoms with E-state index < -0.39 is 5.97 Å². The summed E-state index contributed by atoms with van der Waals surface area (Å²) < 4.78 is 0. The lowest BCUT2D eigenvalue weighted by atomic mass is 10.0. The van der Waals surface area contributed by atoms with Crippen molar-refractivity contribution in [3.8, 4) is 0 Å². The van der Waals surface area contributed by atoms with E-state index >= 15 is 0 Å². The zero-order valence-electron chi connectivity index (χ0n) is 8.01. The molecule has 0 amide bonds. The summed E-state index contributed by atoms with van der Waals surface area (Å²) >= 11 is 0. The van der Waals surface area contributed by atoms with Crippen molar-refractivity contribution in [2.45, 2.75) is 6.42 Å². The summed E-state index contributed by atoms with van der Waals surface area (Å²) in [5.74, 6) is -0.790. The molecule has 3 heteroatoms. The van der Waals surface area contributed by atoms with Gasteiger partial charge in [0.2, 0.25) is 0 Å². The van der Waals surface area contributed by atoms with Crippen molar-refractivity contribution in [3.05, 3.63) is 48.0 Å². The summed E-state index contributed by atoms with van der Waals surface area (Å²) in [4.78, 5) is 10.6. The largest absolute Gasteiger partial charge is 0.481 e. The number of hydrogen-bond acceptors (Lipinski definition) is 1. The number of carboxylic acid groups (broad SMARTS) is 1. The number of hydrogen-bond donors (Lipinski definition) is 1. The fourth-order valence-electron chi connectivity index (χ4n) is 1.61. The number of benzene rings is 2. The SMILES string of the molecule is Cl.O=C(O)Cc1cccc2ccccc12. The molecule has 15 heavy (non-hydrogen) atoms. The van der Waals surface area contributed by atoms with Crippen molar-refractivity contribution in [1.82, 2.24) is 0 Å². The van der Waals surface area contributed by atoms with Crippen LogP contribution in [0.15, 0.2) is 42.5 Å². The molecular formula is C12H11ClO2. The highest BCUT2D eigenvalue weighted by Crippen LogP contribution is 2.18. The first-order valence-electron chi connectivity index (χ1n) is 4.46. The number of carboxylic acids is 1. The third kappa shape index (κ3) is 2.48. The summed E-state index contributed by atoms with van der Waals surface area (Å²) in [6, 6.07) is 13.5. The van der Waals surface area contributed by atoms with Crippen LogP contribution in [0, 0.1) is 0 Å². The van der Waals surface area contributed by atoms with E-state index in [-0.39, 0.29) is 18.8 Å². The number of rotatable bonds is 2. The zero-order valence-corrected chi connectivity index (χ0v) is 8.83. The van der Waals surface area contributed by atoms with Crippen LogP contribution in [-0.2, 0) is 11.2 Å². The maximum Gasteiger partial charge on any atom is 0.307 e. The molecule has 0 saturated heterocycles. The van der Waals surface area contributed by atoms with Gasteiger partial charge in [-0.3, -0.25) is 4.79 Å². The number of halogens is 1. The van der Waals surface area contributed by atoms with E-state index in [1.54, 1.807) is 0 Å². The molecule has 2 aromatic rings. The highest BCUT2D eigenvalue weighted by atomic mass is 35.5. The normalized spacial score (nSPS) is 9.60. The minimum absolute atomic E-state index is 0. The van der Waals surface area contributed by atoms with Crippen LogP contribution in [0.1, 0.15) is 5.56 Å². The maximum atomic E-state index is 10.6. The van der Waals surface area contributed by atoms with Crippen molar-refractivity contribution >= 4 is 29.1 Å². The molecular weight excluding hydrogens is 212 g/mol. The van der Waals surface area contributed by atoms with Gasteiger partial charge in [-0.25, -0.2) is 0 Å². The molecule has 0 spiro atoms. The molecule has 0 atom stereocenters. The van der Waals surface area contributed by atoms with Gasteiger partial charge in [-0.2, -0.15) is 0 Å². The Bertz CT molecular complexity index is 475. The maximum absolute atomic E-state index is 10.6. The van der Waals surface area contributed by atoms with Gasteiger partial charge in [-0.15, -0.1) is 12.4 Å². The van der Waals surface area contributed by atoms with E-state index in [0.29, 0.717) is 0 Å². The molecule has 0 aromatic heterocycles. The summed E-state index contributed by atoms with van der Waals surface area (Å²) in [6.45, 7) is 0. The molecule has 2 rings (SSSR count). The predicted molar refractivity (Wildman–Crippen MR) is 62.5 cm³/mol. The molecule has 0 unspecified atom stereocenters. The Kier molecular flexibility index (Phi) is 3.69. The molecule has 0 aliphatic heterocycles. The second-order valence-corrected chi connectivity index (χ2v) is 3.21. The smallest absolute Gasteiger partial charge is 0.307 e. The molecule has 2 nitrogen and oxygen atoms in total. The number of carbonyl (C=O) groups is 1. The Morgan fingerprint density at radius 3 is 2.47 bits per heavy atom. The molecule has 0 fully saturated rings. The monoisotopic (exact) mass is 222 g/mol. The van der Waals surface area contributed by atoms with Crippen LogP contribution < -0.4 is 0 Å². The quantitative estimate of drug-likeness (QED) is 0.849. The van der Waals surface area contributed by atoms with Gasteiger partial charge in [0.1, 0.15) is 0 Å². The average molecular weight is 223 g/mol. The Morgan fingerprint density at radius 2 is 1.73 bits per heavy atom. The summed E-state index contributed by atoms with van der Waals surface area (Å²) in [5.41, 5.74) is 0.871. The molecule has 0 aliphatic rings. The van der Waals surface area contributed by atoms with Gasteiger partial charge < -0.3 is 5.11 Å². The molecule has 2 aromatic carbocycles. The lowest BCUT2D eigenvalue weighted by Gasteiger charge is -2.02. The van der Waals surface area contributed by atoms with Crippen LogP contribution in [-0.4, -0.2) is 11.1 Å². The van der Waals surface area contributed by atoms with Crippen molar-refractivity contribution in [2.24, 2.45) is 0 Å². The fourth-order valence-corrected chi connectivity index (χ4v) is 1.61. The van der Waals surface area contributed by atoms with Crippen LogP contribution in [0.5, 0.6) is 0 Å². The molecule has 0 aliphatic carbocycles. The molecule has 1 N–H and O–H groups in total. The Balaban J connectivity index is 0.00000112. The predicted octanol–water partition coefficient (Wildman–Crippen LogP) is 2.89. The molecule has 0 saturated carbocycles. The first-order chi connectivity index (χ1) is 6.77. The van der Waals surface area contributed by atoms with Crippen molar-refractivity contribution < 1.29 is 9.90 Å². The van der Waals surface area contributed by atoms with Crippen molar-refractivity contribution in [1.29, 1.82) is 0 Å². The van der Waals surface area contributed by atoms with Crippen LogP contribution in [0.3, 0.4) is 0 Å². The highest BCUT2D eigenvalue weighted by molar-refractivity contribution is 5.88. The fraction of sp³-hybridized carbons (Fsp3) is 0.0833. The van der Waals surface area contributed by atoms with Crippen LogP contribution in [0.4, 0.5) is 0 Å². The topological polar surface area (TPSA) is 37.3 Å². The van der Waals surface area contributed by atoms with Crippen molar-refractivity contribution in [2.75, 3.05) is 0 Å². The van der Waals surface area contributed by atoms with Crippen LogP contribution >= 0.6 is 12.4 Å². The van der Waals surface area contributed by atoms with E-state index in [2.05, 4.69) is 0 Å². The Hall–Kier alpha value is -1.54. The summed E-state index contributed by atoms with van der Waals surface area (Å²) in [7, 11) is 0. The lowest BCUT2D eigenvalue weighted by molar-refractivity contribution is -0.136. The summed E-state index contributed by atoms with van der Waals surface area (Å²) in [6.07, 6.45) is 0.0847. The van der Waals surface area contributed by atoms with Gasteiger partial charge in [0.15, 0.2) is 0 Å². The summed E-state index contributed by atoms with van der Waals surface area (Å²) in [5, 5.41) is 10.8. The van der Waals surface area contributed by atoms with Gasteiger partial charge in [-0.05, 0) is 16.3 Å². The van der Waals surface area contributed by atoms with Crippen LogP contribution in [0.25, 0.3) is 10.8 Å². The van der Waals surface area contributed by atoms with Gasteiger partial charge in [0.05, 0.1) is 6.42 Å². The van der Waals surface area contributed by atoms with E-state index in [4.69, 9.17) is 5.11 Å². The first kappa shape index (κ1) is 11.5. The van der Waals surface area contributed by atoms with Gasteiger partial charge in [0, 0.05) is 0 Å². The zero-order chi connectivity index (χ0) is 9.97. The van der Waals surface area contributed by atoms with Gasteiger partial charge in [-0.1, -0.05) is 42.5 Å². The Morgan fingerprint density at radius 1 is 1.07 bits per heavy atom. The van der Waals surface area contributed by atoms with E-state index in [1.807, 2.05) is 42.5 Å². The third-order valence-corrected chi connectivity index (χ3v) is 2.22. The van der Waals surface area contributed by atoms with Gasteiger partial charge in [0.25, 0.3) is 0 Å². The van der Waals surface area contributed by atoms with E-state index in [1.165, 1.54) is 0 Å². The minimum Gasteiger partial charge on any atom is -0.481 e. The van der Waals surface area contributed by atoms with Crippen molar-refractivity contribution in [3.63, 3.8) is 0 Å². The van der Waals surface area contributed by atoms with Crippen LogP contribution in [0.2, 0.25) is 0 Å². The number of fused-ring (bicyclic) bond motifs is 1. The van der Waals surface area contributed by atoms with Gasteiger partial charge >= 0.3 is 5.97 Å². The van der Waals surface area contributed by atoms with E-state index in [9.17, 15) is 4.79 Å². The third-order valence-electron chi connectivity index (χ3n) is 2.22. The standard InChI is InChI=1S/C12H10O2.ClH/c13-12(14)8-10-6-3-5-9-4-1-2-7-11(9)10;/h1-7H,8H2,(H,13,14);1H. The van der Waals surface area contributed by atoms with E-state index in [0.717, 1.165) is 16.3 Å². The highest BCUT2D eigenvalue weighted by Gasteiger charge is 2.03. The lowest BCUT2D eigenvalue weighted by Crippen LogP contribution is -2.00. The second-order valence-electron chi connectivity index (χ2n) is 3.21. The molecule has 0 bridgehead atoms. The number of aliphatic carboxylic acids is 1.